The fourth-order valence-electron chi connectivity index (χ4n) is 2.48. The highest BCUT2D eigenvalue weighted by Crippen LogP contribution is 2.27. The predicted molar refractivity (Wildman–Crippen MR) is 88.1 cm³/mol. The molecule has 3 rings (SSSR count). The van der Waals surface area contributed by atoms with E-state index in [0.29, 0.717) is 17.9 Å². The van der Waals surface area contributed by atoms with E-state index in [9.17, 15) is 9.90 Å². The lowest BCUT2D eigenvalue weighted by molar-refractivity contribution is 0.0690. The zero-order valence-corrected chi connectivity index (χ0v) is 13.1. The molecule has 0 bridgehead atoms. The standard InChI is InChI=1S/C18H18N2O3/c1-3-10-23-14-6-4-13(5-7-14)16-17(18(21)22)20-9-8-12(2)11-15(20)19-16/h4-9,11H,3,10H2,1-2H3,(H,21,22). The maximum atomic E-state index is 11.7. The molecule has 0 saturated carbocycles. The van der Waals surface area contributed by atoms with Crippen molar-refractivity contribution in [2.24, 2.45) is 0 Å². The normalized spacial score (nSPS) is 10.9. The van der Waals surface area contributed by atoms with E-state index in [0.717, 1.165) is 23.3 Å². The van der Waals surface area contributed by atoms with Gasteiger partial charge in [-0.25, -0.2) is 9.78 Å². The van der Waals surface area contributed by atoms with Gasteiger partial charge in [-0.05, 0) is 55.3 Å². The number of aromatic nitrogens is 2. The van der Waals surface area contributed by atoms with Gasteiger partial charge in [0, 0.05) is 11.8 Å². The number of carbonyl (C=O) groups is 1. The number of benzene rings is 1. The molecular formula is C18H18N2O3. The lowest BCUT2D eigenvalue weighted by Crippen LogP contribution is -2.03. The van der Waals surface area contributed by atoms with Crippen LogP contribution in [0.25, 0.3) is 16.9 Å². The van der Waals surface area contributed by atoms with E-state index in [1.807, 2.05) is 50.2 Å². The molecule has 5 heteroatoms. The van der Waals surface area contributed by atoms with Crippen LogP contribution in [0.2, 0.25) is 0 Å². The number of fused-ring (bicyclic) bond motifs is 1. The van der Waals surface area contributed by atoms with Crippen molar-refractivity contribution >= 4 is 11.6 Å². The number of nitrogens with zero attached hydrogens (tertiary/aromatic N) is 2. The van der Waals surface area contributed by atoms with E-state index >= 15 is 0 Å². The van der Waals surface area contributed by atoms with Crippen LogP contribution in [0.5, 0.6) is 5.75 Å². The molecule has 2 heterocycles. The summed E-state index contributed by atoms with van der Waals surface area (Å²) >= 11 is 0. The Hall–Kier alpha value is -2.82. The summed E-state index contributed by atoms with van der Waals surface area (Å²) in [6.07, 6.45) is 2.68. The summed E-state index contributed by atoms with van der Waals surface area (Å²) in [6.45, 7) is 4.66. The van der Waals surface area contributed by atoms with Crippen LogP contribution in [0, 0.1) is 6.92 Å². The fraction of sp³-hybridized carbons (Fsp3) is 0.222. The summed E-state index contributed by atoms with van der Waals surface area (Å²) < 4.78 is 7.16. The summed E-state index contributed by atoms with van der Waals surface area (Å²) in [7, 11) is 0. The summed E-state index contributed by atoms with van der Waals surface area (Å²) in [5.74, 6) is -0.227. The van der Waals surface area contributed by atoms with Crippen LogP contribution in [0.4, 0.5) is 0 Å². The molecule has 3 aromatic rings. The SMILES string of the molecule is CCCOc1ccc(-c2nc3cc(C)ccn3c2C(=O)O)cc1. The van der Waals surface area contributed by atoms with E-state index in [1.165, 1.54) is 0 Å². The molecule has 2 aromatic heterocycles. The highest BCUT2D eigenvalue weighted by Gasteiger charge is 2.19. The molecule has 0 aliphatic rings. The maximum absolute atomic E-state index is 11.7. The van der Waals surface area contributed by atoms with E-state index in [2.05, 4.69) is 4.98 Å². The average Bonchev–Trinajstić information content (AvgIpc) is 2.92. The summed E-state index contributed by atoms with van der Waals surface area (Å²) in [5.41, 5.74) is 3.05. The molecule has 0 saturated heterocycles. The second kappa shape index (κ2) is 6.12. The first kappa shape index (κ1) is 15.1. The Morgan fingerprint density at radius 2 is 2.00 bits per heavy atom. The number of hydrogen-bond donors (Lipinski definition) is 1. The van der Waals surface area contributed by atoms with E-state index < -0.39 is 5.97 Å². The van der Waals surface area contributed by atoms with Crippen LogP contribution in [-0.4, -0.2) is 27.1 Å². The minimum Gasteiger partial charge on any atom is -0.494 e. The van der Waals surface area contributed by atoms with Gasteiger partial charge in [-0.2, -0.15) is 0 Å². The zero-order valence-electron chi connectivity index (χ0n) is 13.1. The second-order valence-electron chi connectivity index (χ2n) is 5.42. The largest absolute Gasteiger partial charge is 0.494 e. The maximum Gasteiger partial charge on any atom is 0.355 e. The number of carboxylic acids is 1. The molecule has 5 nitrogen and oxygen atoms in total. The van der Waals surface area contributed by atoms with Gasteiger partial charge in [0.1, 0.15) is 17.1 Å². The number of aryl methyl sites for hydroxylation is 1. The molecule has 1 aromatic carbocycles. The molecule has 0 unspecified atom stereocenters. The summed E-state index contributed by atoms with van der Waals surface area (Å²) in [5, 5.41) is 9.57. The van der Waals surface area contributed by atoms with Gasteiger partial charge in [0.2, 0.25) is 0 Å². The monoisotopic (exact) mass is 310 g/mol. The predicted octanol–water partition coefficient (Wildman–Crippen LogP) is 3.80. The molecule has 0 radical (unpaired) electrons. The van der Waals surface area contributed by atoms with Gasteiger partial charge in [0.25, 0.3) is 0 Å². The highest BCUT2D eigenvalue weighted by molar-refractivity contribution is 5.94. The van der Waals surface area contributed by atoms with Gasteiger partial charge in [-0.15, -0.1) is 0 Å². The Balaban J connectivity index is 2.08. The van der Waals surface area contributed by atoms with Crippen LogP contribution in [-0.2, 0) is 0 Å². The number of pyridine rings is 1. The Labute approximate surface area is 134 Å². The van der Waals surface area contributed by atoms with Crippen molar-refractivity contribution < 1.29 is 14.6 Å². The molecule has 0 aliphatic heterocycles. The Morgan fingerprint density at radius 1 is 1.26 bits per heavy atom. The van der Waals surface area contributed by atoms with Crippen molar-refractivity contribution in [2.75, 3.05) is 6.61 Å². The van der Waals surface area contributed by atoms with Crippen molar-refractivity contribution in [2.45, 2.75) is 20.3 Å². The minimum atomic E-state index is -0.998. The lowest BCUT2D eigenvalue weighted by atomic mass is 10.1. The van der Waals surface area contributed by atoms with Gasteiger partial charge in [-0.3, -0.25) is 4.40 Å². The number of imidazole rings is 1. The average molecular weight is 310 g/mol. The zero-order chi connectivity index (χ0) is 16.4. The highest BCUT2D eigenvalue weighted by atomic mass is 16.5. The molecule has 118 valence electrons. The smallest absolute Gasteiger partial charge is 0.355 e. The first-order valence-corrected chi connectivity index (χ1v) is 7.55. The Morgan fingerprint density at radius 3 is 2.65 bits per heavy atom. The molecule has 0 spiro atoms. The van der Waals surface area contributed by atoms with E-state index in [-0.39, 0.29) is 5.69 Å². The third-order valence-electron chi connectivity index (χ3n) is 3.58. The van der Waals surface area contributed by atoms with Crippen LogP contribution >= 0.6 is 0 Å². The van der Waals surface area contributed by atoms with Gasteiger partial charge in [0.15, 0.2) is 5.69 Å². The Kier molecular flexibility index (Phi) is 4.02. The fourth-order valence-corrected chi connectivity index (χ4v) is 2.48. The molecule has 0 aliphatic carbocycles. The van der Waals surface area contributed by atoms with Gasteiger partial charge in [0.05, 0.1) is 6.61 Å². The third kappa shape index (κ3) is 2.90. The minimum absolute atomic E-state index is 0.169. The number of carboxylic acid groups (broad SMARTS) is 1. The van der Waals surface area contributed by atoms with Crippen molar-refractivity contribution in [3.05, 3.63) is 53.9 Å². The van der Waals surface area contributed by atoms with Gasteiger partial charge < -0.3 is 9.84 Å². The number of hydrogen-bond acceptors (Lipinski definition) is 3. The van der Waals surface area contributed by atoms with Gasteiger partial charge >= 0.3 is 5.97 Å². The van der Waals surface area contributed by atoms with Crippen LogP contribution in [0.3, 0.4) is 0 Å². The van der Waals surface area contributed by atoms with E-state index in [1.54, 1.807) is 10.6 Å². The first-order chi connectivity index (χ1) is 11.1. The molecular weight excluding hydrogens is 292 g/mol. The summed E-state index contributed by atoms with van der Waals surface area (Å²) in [6, 6.07) is 11.1. The lowest BCUT2D eigenvalue weighted by Gasteiger charge is -2.05. The van der Waals surface area contributed by atoms with Crippen molar-refractivity contribution in [1.82, 2.24) is 9.38 Å². The van der Waals surface area contributed by atoms with Crippen molar-refractivity contribution in [3.8, 4) is 17.0 Å². The van der Waals surface area contributed by atoms with Crippen LogP contribution in [0.15, 0.2) is 42.6 Å². The first-order valence-electron chi connectivity index (χ1n) is 7.55. The van der Waals surface area contributed by atoms with Gasteiger partial charge in [-0.1, -0.05) is 6.92 Å². The molecule has 0 fully saturated rings. The van der Waals surface area contributed by atoms with Crippen molar-refractivity contribution in [3.63, 3.8) is 0 Å². The van der Waals surface area contributed by atoms with Crippen LogP contribution < -0.4 is 4.74 Å². The quantitative estimate of drug-likeness (QED) is 0.778. The molecule has 0 amide bonds. The molecule has 0 atom stereocenters. The number of aromatic carboxylic acids is 1. The third-order valence-corrected chi connectivity index (χ3v) is 3.58. The van der Waals surface area contributed by atoms with E-state index in [4.69, 9.17) is 4.74 Å². The second-order valence-corrected chi connectivity index (χ2v) is 5.42. The number of ether oxygens (including phenoxy) is 1. The number of rotatable bonds is 5. The molecule has 1 N–H and O–H groups in total. The van der Waals surface area contributed by atoms with Crippen molar-refractivity contribution in [1.29, 1.82) is 0 Å². The summed E-state index contributed by atoms with van der Waals surface area (Å²) in [4.78, 5) is 16.2. The topological polar surface area (TPSA) is 63.8 Å². The molecule has 23 heavy (non-hydrogen) atoms. The van der Waals surface area contributed by atoms with Crippen LogP contribution in [0.1, 0.15) is 29.4 Å². The Bertz CT molecular complexity index is 851.